The van der Waals surface area contributed by atoms with Crippen molar-refractivity contribution in [3.8, 4) is 0 Å². The number of benzene rings is 3. The number of fused-ring (bicyclic) bond motifs is 1. The first-order chi connectivity index (χ1) is 16.9. The molecule has 0 bridgehead atoms. The summed E-state index contributed by atoms with van der Waals surface area (Å²) in [6.45, 7) is 13.2. The number of nitrogens with one attached hydrogen (secondary N) is 1. The predicted molar refractivity (Wildman–Crippen MR) is 143 cm³/mol. The molecule has 0 atom stereocenters. The van der Waals surface area contributed by atoms with Crippen molar-refractivity contribution in [2.45, 2.75) is 78.3 Å². The molecule has 0 aliphatic heterocycles. The van der Waals surface area contributed by atoms with E-state index in [0.29, 0.717) is 42.7 Å². The highest BCUT2D eigenvalue weighted by Crippen LogP contribution is 2.27. The molecule has 5 heteroatoms. The molecule has 190 valence electrons. The molecule has 0 aliphatic carbocycles. The maximum absolute atomic E-state index is 14.7. The molecular weight excluding hydrogens is 452 g/mol. The molecule has 0 amide bonds. The van der Waals surface area contributed by atoms with E-state index in [4.69, 9.17) is 5.41 Å². The standard InChI is InChI=1S/C31H37F2N3/c1-30(2,3)23-13-11-21(19-25(23)32)15-17-35-27-9-7-8-10-28(27)36(29(35)34)18-16-22-12-14-24(26(33)20-22)31(4,5)6/h7-14,19-20,34H,15-18H2,1-6H3. The van der Waals surface area contributed by atoms with Crippen LogP contribution in [0.4, 0.5) is 8.78 Å². The van der Waals surface area contributed by atoms with Gasteiger partial charge in [0.25, 0.3) is 0 Å². The molecule has 0 fully saturated rings. The van der Waals surface area contributed by atoms with Crippen molar-refractivity contribution in [2.75, 3.05) is 0 Å². The fourth-order valence-corrected chi connectivity index (χ4v) is 4.87. The lowest BCUT2D eigenvalue weighted by Gasteiger charge is -2.20. The Bertz CT molecular complexity index is 1340. The van der Waals surface area contributed by atoms with E-state index in [9.17, 15) is 8.78 Å². The maximum Gasteiger partial charge on any atom is 0.203 e. The average Bonchev–Trinajstić information content (AvgIpc) is 3.05. The van der Waals surface area contributed by atoms with E-state index in [1.165, 1.54) is 0 Å². The molecule has 3 nitrogen and oxygen atoms in total. The normalized spacial score (nSPS) is 12.4. The lowest BCUT2D eigenvalue weighted by Crippen LogP contribution is -2.26. The minimum atomic E-state index is -0.241. The van der Waals surface area contributed by atoms with Crippen LogP contribution in [0.2, 0.25) is 0 Å². The van der Waals surface area contributed by atoms with Gasteiger partial charge in [-0.25, -0.2) is 8.78 Å². The number of rotatable bonds is 6. The zero-order valence-electron chi connectivity index (χ0n) is 22.3. The van der Waals surface area contributed by atoms with Gasteiger partial charge in [0.05, 0.1) is 11.0 Å². The maximum atomic E-state index is 14.7. The van der Waals surface area contributed by atoms with Gasteiger partial charge >= 0.3 is 0 Å². The molecule has 0 saturated heterocycles. The van der Waals surface area contributed by atoms with Crippen molar-refractivity contribution in [3.63, 3.8) is 0 Å². The van der Waals surface area contributed by atoms with Crippen molar-refractivity contribution in [3.05, 3.63) is 100 Å². The minimum Gasteiger partial charge on any atom is -0.310 e. The average molecular weight is 490 g/mol. The van der Waals surface area contributed by atoms with Crippen LogP contribution in [0.3, 0.4) is 0 Å². The molecule has 4 rings (SSSR count). The summed E-state index contributed by atoms with van der Waals surface area (Å²) in [6, 6.07) is 19.0. The molecule has 0 radical (unpaired) electrons. The first-order valence-corrected chi connectivity index (χ1v) is 12.7. The van der Waals surface area contributed by atoms with Crippen LogP contribution < -0.4 is 5.62 Å². The van der Waals surface area contributed by atoms with Crippen molar-refractivity contribution >= 4 is 11.0 Å². The monoisotopic (exact) mass is 489 g/mol. The number of hydrogen-bond acceptors (Lipinski definition) is 1. The third-order valence-corrected chi connectivity index (χ3v) is 6.91. The first kappa shape index (κ1) is 25.9. The molecule has 0 unspecified atom stereocenters. The highest BCUT2D eigenvalue weighted by Gasteiger charge is 2.20. The summed E-state index contributed by atoms with van der Waals surface area (Å²) in [5.74, 6) is -0.355. The number of nitrogens with zero attached hydrogens (tertiary/aromatic N) is 2. The topological polar surface area (TPSA) is 33.7 Å². The van der Waals surface area contributed by atoms with Gasteiger partial charge in [-0.15, -0.1) is 0 Å². The predicted octanol–water partition coefficient (Wildman–Crippen LogP) is 7.28. The summed E-state index contributed by atoms with van der Waals surface area (Å²) < 4.78 is 33.4. The van der Waals surface area contributed by atoms with Crippen molar-refractivity contribution in [1.82, 2.24) is 9.13 Å². The van der Waals surface area contributed by atoms with Crippen molar-refractivity contribution in [2.24, 2.45) is 0 Å². The van der Waals surface area contributed by atoms with E-state index in [2.05, 4.69) is 0 Å². The van der Waals surface area contributed by atoms with Gasteiger partial charge in [-0.05, 0) is 70.2 Å². The van der Waals surface area contributed by atoms with Gasteiger partial charge in [0.2, 0.25) is 5.62 Å². The Morgan fingerprint density at radius 1 is 0.639 bits per heavy atom. The van der Waals surface area contributed by atoms with Crippen LogP contribution in [0.15, 0.2) is 60.7 Å². The van der Waals surface area contributed by atoms with E-state index in [0.717, 1.165) is 22.2 Å². The van der Waals surface area contributed by atoms with Crippen molar-refractivity contribution < 1.29 is 8.78 Å². The molecule has 0 spiro atoms. The summed E-state index contributed by atoms with van der Waals surface area (Å²) in [5.41, 5.74) is 5.12. The van der Waals surface area contributed by atoms with Crippen LogP contribution in [-0.4, -0.2) is 9.13 Å². The number of imidazole rings is 1. The summed E-state index contributed by atoms with van der Waals surface area (Å²) in [6.07, 6.45) is 1.26. The zero-order valence-corrected chi connectivity index (χ0v) is 22.3. The molecular formula is C31H37F2N3. The van der Waals surface area contributed by atoms with Crippen LogP contribution >= 0.6 is 0 Å². The van der Waals surface area contributed by atoms with Gasteiger partial charge in [0, 0.05) is 13.1 Å². The minimum absolute atomic E-state index is 0.178. The summed E-state index contributed by atoms with van der Waals surface area (Å²) >= 11 is 0. The summed E-state index contributed by atoms with van der Waals surface area (Å²) in [7, 11) is 0. The quantitative estimate of drug-likeness (QED) is 0.295. The van der Waals surface area contributed by atoms with E-state index in [-0.39, 0.29) is 22.5 Å². The lowest BCUT2D eigenvalue weighted by molar-refractivity contribution is 0.520. The van der Waals surface area contributed by atoms with E-state index in [1.807, 2.05) is 99.2 Å². The highest BCUT2D eigenvalue weighted by molar-refractivity contribution is 5.75. The van der Waals surface area contributed by atoms with Gasteiger partial charge < -0.3 is 9.13 Å². The van der Waals surface area contributed by atoms with Gasteiger partial charge in [0.15, 0.2) is 0 Å². The summed E-state index contributed by atoms with van der Waals surface area (Å²) in [4.78, 5) is 0. The Morgan fingerprint density at radius 2 is 1.03 bits per heavy atom. The first-order valence-electron chi connectivity index (χ1n) is 12.7. The van der Waals surface area contributed by atoms with Crippen LogP contribution in [0.25, 0.3) is 11.0 Å². The Balaban J connectivity index is 1.57. The Kier molecular flexibility index (Phi) is 6.96. The summed E-state index contributed by atoms with van der Waals surface area (Å²) in [5, 5.41) is 8.90. The molecule has 0 aliphatic rings. The number of halogens is 2. The van der Waals surface area contributed by atoms with Crippen LogP contribution in [0.1, 0.15) is 63.8 Å². The van der Waals surface area contributed by atoms with Gasteiger partial charge in [-0.1, -0.05) is 77.9 Å². The molecule has 0 saturated carbocycles. The van der Waals surface area contributed by atoms with E-state index < -0.39 is 0 Å². The lowest BCUT2D eigenvalue weighted by atomic mass is 9.86. The largest absolute Gasteiger partial charge is 0.310 e. The van der Waals surface area contributed by atoms with E-state index >= 15 is 0 Å². The van der Waals surface area contributed by atoms with Gasteiger partial charge in [0.1, 0.15) is 11.6 Å². The zero-order chi connectivity index (χ0) is 26.3. The van der Waals surface area contributed by atoms with E-state index in [1.54, 1.807) is 12.1 Å². The van der Waals surface area contributed by atoms with Crippen LogP contribution in [0, 0.1) is 17.0 Å². The van der Waals surface area contributed by atoms with Gasteiger partial charge in [-0.2, -0.15) is 0 Å². The second kappa shape index (κ2) is 9.68. The Hall–Kier alpha value is -3.21. The number of aromatic nitrogens is 2. The molecule has 3 aromatic carbocycles. The fraction of sp³-hybridized carbons (Fsp3) is 0.387. The number of para-hydroxylation sites is 2. The molecule has 36 heavy (non-hydrogen) atoms. The van der Waals surface area contributed by atoms with Crippen LogP contribution in [-0.2, 0) is 36.8 Å². The third kappa shape index (κ3) is 5.30. The number of aryl methyl sites for hydroxylation is 4. The van der Waals surface area contributed by atoms with Crippen LogP contribution in [0.5, 0.6) is 0 Å². The second-order valence-corrected chi connectivity index (χ2v) is 11.7. The van der Waals surface area contributed by atoms with Gasteiger partial charge in [-0.3, -0.25) is 5.41 Å². The molecule has 1 aromatic heterocycles. The second-order valence-electron chi connectivity index (χ2n) is 11.7. The third-order valence-electron chi connectivity index (χ3n) is 6.91. The smallest absolute Gasteiger partial charge is 0.203 e. The molecule has 1 heterocycles. The number of hydrogen-bond donors (Lipinski definition) is 1. The highest BCUT2D eigenvalue weighted by atomic mass is 19.1. The molecule has 1 N–H and O–H groups in total. The Labute approximate surface area is 212 Å². The SMILES string of the molecule is CC(C)(C)c1ccc(CCn2c(=N)n(CCc3ccc(C(C)(C)C)c(F)c3)c3ccccc32)cc1F. The Morgan fingerprint density at radius 3 is 1.36 bits per heavy atom. The van der Waals surface area contributed by atoms with Crippen molar-refractivity contribution in [1.29, 1.82) is 5.41 Å². The molecule has 4 aromatic rings. The fourth-order valence-electron chi connectivity index (χ4n) is 4.87.